The Balaban J connectivity index is 0. The lowest BCUT2D eigenvalue weighted by atomic mass is 9.78. The van der Waals surface area contributed by atoms with Crippen molar-refractivity contribution in [3.05, 3.63) is 59.7 Å². The van der Waals surface area contributed by atoms with E-state index < -0.39 is 0 Å². The molecule has 0 unspecified atom stereocenters. The predicted molar refractivity (Wildman–Crippen MR) is 191 cm³/mol. The van der Waals surface area contributed by atoms with Crippen LogP contribution in [0.1, 0.15) is 88.9 Å². The second kappa shape index (κ2) is 23.0. The highest BCUT2D eigenvalue weighted by atomic mass is 16.5. The molecule has 2 amide bonds. The van der Waals surface area contributed by atoms with Gasteiger partial charge >= 0.3 is 7.28 Å². The Morgan fingerprint density at radius 2 is 1.08 bits per heavy atom. The van der Waals surface area contributed by atoms with E-state index in [0.717, 1.165) is 44.9 Å². The first-order valence-corrected chi connectivity index (χ1v) is 15.2. The molecule has 0 saturated carbocycles. The van der Waals surface area contributed by atoms with E-state index in [1.807, 2.05) is 41.8 Å². The summed E-state index contributed by atoms with van der Waals surface area (Å²) in [6.07, 6.45) is 4.45. The number of methoxy groups -OCH3 is 1. The zero-order valence-electron chi connectivity index (χ0n) is 30.3. The number of amides is 2. The first-order chi connectivity index (χ1) is 22.3. The van der Waals surface area contributed by atoms with Crippen molar-refractivity contribution in [3.8, 4) is 11.5 Å². The molecule has 4 N–H and O–H groups in total. The van der Waals surface area contributed by atoms with Crippen LogP contribution in [-0.4, -0.2) is 88.1 Å². The standard InChI is InChI=1S/C10H20BN2O2.C9H20N2O.C8H6O3.C8H8O2/c1-9(2,12-5)6-10(3,4)13-8(15)11-7-14;1-8(2,10-5)6-9(3,4)11-7-12;9-5-7-1-3-8(4-2-7)11-6-10;1-10-8-4-2-7(6-9)3-5-8/h7,12H,6H2,1-5H3,(H,13,15);7,10H,6H2,1-5H3,(H,11,12);1-6H;2-6H,1H3. The van der Waals surface area contributed by atoms with Gasteiger partial charge in [-0.1, -0.05) is 0 Å². The largest absolute Gasteiger partial charge is 0.497 e. The van der Waals surface area contributed by atoms with E-state index in [-0.39, 0.29) is 28.0 Å². The van der Waals surface area contributed by atoms with E-state index >= 15 is 0 Å². The lowest BCUT2D eigenvalue weighted by molar-refractivity contribution is -0.120. The molecule has 1 radical (unpaired) electrons. The van der Waals surface area contributed by atoms with Gasteiger partial charge in [0.25, 0.3) is 6.47 Å². The zero-order chi connectivity index (χ0) is 37.4. The minimum atomic E-state index is -0.345. The third-order valence-electron chi connectivity index (χ3n) is 6.70. The lowest BCUT2D eigenvalue weighted by Gasteiger charge is -2.35. The number of rotatable bonds is 16. The Morgan fingerprint density at radius 1 is 0.667 bits per heavy atom. The summed E-state index contributed by atoms with van der Waals surface area (Å²) in [7, 11) is 6.40. The van der Waals surface area contributed by atoms with Gasteiger partial charge in [0.1, 0.15) is 24.1 Å². The van der Waals surface area contributed by atoms with E-state index in [1.54, 1.807) is 55.6 Å². The van der Waals surface area contributed by atoms with Crippen molar-refractivity contribution in [3.63, 3.8) is 0 Å². The molecule has 12 nitrogen and oxygen atoms in total. The van der Waals surface area contributed by atoms with Crippen molar-refractivity contribution < 1.29 is 38.2 Å². The van der Waals surface area contributed by atoms with E-state index in [2.05, 4.69) is 53.7 Å². The first-order valence-electron chi connectivity index (χ1n) is 15.2. The maximum absolute atomic E-state index is 11.2. The van der Waals surface area contributed by atoms with Crippen molar-refractivity contribution in [2.24, 2.45) is 0 Å². The molecule has 265 valence electrons. The Bertz CT molecular complexity index is 1250. The van der Waals surface area contributed by atoms with Crippen LogP contribution in [-0.2, 0) is 14.4 Å². The number of carbonyl (C=O) groups is 6. The van der Waals surface area contributed by atoms with E-state index in [9.17, 15) is 28.8 Å². The Labute approximate surface area is 286 Å². The van der Waals surface area contributed by atoms with Gasteiger partial charge in [-0.15, -0.1) is 0 Å². The van der Waals surface area contributed by atoms with Crippen molar-refractivity contribution in [2.45, 2.75) is 90.4 Å². The van der Waals surface area contributed by atoms with Gasteiger partial charge in [0, 0.05) is 33.3 Å². The van der Waals surface area contributed by atoms with Gasteiger partial charge in [-0.05, 0) is 131 Å². The van der Waals surface area contributed by atoms with Crippen LogP contribution < -0.4 is 30.7 Å². The molecule has 48 heavy (non-hydrogen) atoms. The fourth-order valence-corrected chi connectivity index (χ4v) is 4.44. The summed E-state index contributed by atoms with van der Waals surface area (Å²) in [4.78, 5) is 61.8. The fourth-order valence-electron chi connectivity index (χ4n) is 4.44. The maximum atomic E-state index is 11.2. The minimum Gasteiger partial charge on any atom is -0.497 e. The van der Waals surface area contributed by atoms with Gasteiger partial charge in [0.2, 0.25) is 6.41 Å². The van der Waals surface area contributed by atoms with Gasteiger partial charge in [-0.25, -0.2) is 0 Å². The molecule has 2 rings (SSSR count). The summed E-state index contributed by atoms with van der Waals surface area (Å²) in [5, 5.41) is 11.9. The maximum Gasteiger partial charge on any atom is 0.315 e. The molecule has 0 fully saturated rings. The van der Waals surface area contributed by atoms with Gasteiger partial charge < -0.3 is 35.5 Å². The van der Waals surface area contributed by atoms with E-state index in [0.29, 0.717) is 29.5 Å². The smallest absolute Gasteiger partial charge is 0.315 e. The van der Waals surface area contributed by atoms with Crippen LogP contribution in [0.5, 0.6) is 11.5 Å². The van der Waals surface area contributed by atoms with Gasteiger partial charge in [-0.3, -0.25) is 24.0 Å². The highest BCUT2D eigenvalue weighted by Gasteiger charge is 2.29. The van der Waals surface area contributed by atoms with Crippen LogP contribution in [0.15, 0.2) is 48.5 Å². The second-order valence-electron chi connectivity index (χ2n) is 13.2. The lowest BCUT2D eigenvalue weighted by Crippen LogP contribution is -2.52. The van der Waals surface area contributed by atoms with Gasteiger partial charge in [-0.2, -0.15) is 0 Å². The molecular weight excluding hydrogens is 615 g/mol. The Hall–Kier alpha value is -4.36. The molecule has 2 aromatic rings. The number of ether oxygens (including phenoxy) is 2. The van der Waals surface area contributed by atoms with Crippen LogP contribution in [0.4, 0.5) is 4.79 Å². The Kier molecular flexibility index (Phi) is 22.0. The van der Waals surface area contributed by atoms with Crippen LogP contribution in [0, 0.1) is 0 Å². The molecule has 0 aliphatic carbocycles. The molecule has 0 aliphatic heterocycles. The Morgan fingerprint density at radius 3 is 1.42 bits per heavy atom. The molecule has 0 bridgehead atoms. The summed E-state index contributed by atoms with van der Waals surface area (Å²) in [5.41, 5.74) is 0.735. The third kappa shape index (κ3) is 23.0. The third-order valence-corrected chi connectivity index (χ3v) is 6.70. The fraction of sp³-hybridized carbons (Fsp3) is 0.486. The molecule has 2 aromatic carbocycles. The molecule has 13 heteroatoms. The monoisotopic (exact) mass is 669 g/mol. The van der Waals surface area contributed by atoms with Crippen molar-refractivity contribution in [1.29, 1.82) is 0 Å². The summed E-state index contributed by atoms with van der Waals surface area (Å²) < 4.78 is 9.41. The number of nitrogens with one attached hydrogen (secondary N) is 4. The molecule has 0 atom stereocenters. The number of hydrogen-bond donors (Lipinski definition) is 4. The number of hydrogen-bond acceptors (Lipinski definition) is 10. The van der Waals surface area contributed by atoms with E-state index in [4.69, 9.17) is 4.74 Å². The molecule has 0 spiro atoms. The zero-order valence-corrected chi connectivity index (χ0v) is 30.3. The van der Waals surface area contributed by atoms with Crippen LogP contribution in [0.25, 0.3) is 0 Å². The van der Waals surface area contributed by atoms with Crippen LogP contribution >= 0.6 is 0 Å². The summed E-state index contributed by atoms with van der Waals surface area (Å²) in [5.74, 6) is 0.859. The molecular formula is C35H54BN4O8. The SMILES string of the molecule is CNC(C)(C)CC(C)(C)NC(=O)[B]C=O.CNC(C)(C)CC(C)(C)NC=O.COc1ccc(C=O)cc1.O=COc1ccc(C=O)cc1. The second-order valence-corrected chi connectivity index (χ2v) is 13.2. The number of aldehydes is 2. The summed E-state index contributed by atoms with van der Waals surface area (Å²) in [6, 6.07) is 13.2. The minimum absolute atomic E-state index is 0.0551. The highest BCUT2D eigenvalue weighted by Crippen LogP contribution is 2.20. The average Bonchev–Trinajstić information content (AvgIpc) is 3.01. The number of benzene rings is 2. The molecule has 0 aliphatic rings. The van der Waals surface area contributed by atoms with Crippen molar-refractivity contribution in [1.82, 2.24) is 21.3 Å². The average molecular weight is 670 g/mol. The van der Waals surface area contributed by atoms with Crippen LogP contribution in [0.3, 0.4) is 0 Å². The topological polar surface area (TPSA) is 169 Å². The van der Waals surface area contributed by atoms with Crippen molar-refractivity contribution in [2.75, 3.05) is 21.2 Å². The van der Waals surface area contributed by atoms with E-state index in [1.165, 1.54) is 0 Å². The first kappa shape index (κ1) is 45.8. The van der Waals surface area contributed by atoms with Gasteiger partial charge in [0.05, 0.1) is 13.3 Å². The number of carbonyl (C=O) groups excluding carboxylic acids is 6. The molecule has 0 saturated heterocycles. The summed E-state index contributed by atoms with van der Waals surface area (Å²) in [6.45, 7) is 16.6. The summed E-state index contributed by atoms with van der Waals surface area (Å²) >= 11 is 0. The van der Waals surface area contributed by atoms with Gasteiger partial charge in [0.15, 0.2) is 5.81 Å². The molecule has 0 aromatic heterocycles. The highest BCUT2D eigenvalue weighted by molar-refractivity contribution is 6.92. The molecule has 0 heterocycles. The van der Waals surface area contributed by atoms with Crippen molar-refractivity contribution >= 4 is 44.7 Å². The normalized spacial score (nSPS) is 10.8. The quantitative estimate of drug-likeness (QED) is 0.150. The predicted octanol–water partition coefficient (Wildman–Crippen LogP) is 4.20. The van der Waals surface area contributed by atoms with Crippen LogP contribution in [0.2, 0.25) is 0 Å².